The van der Waals surface area contributed by atoms with Crippen molar-refractivity contribution in [3.05, 3.63) is 71.1 Å². The minimum absolute atomic E-state index is 0.471. The Bertz CT molecular complexity index is 610. The van der Waals surface area contributed by atoms with E-state index in [-0.39, 0.29) is 0 Å². The molecule has 0 spiro atoms. The number of nitrogens with zero attached hydrogens (tertiary/aromatic N) is 1. The van der Waals surface area contributed by atoms with Crippen molar-refractivity contribution in [2.24, 2.45) is 0 Å². The maximum Gasteiger partial charge on any atom is 0.488 e. The summed E-state index contributed by atoms with van der Waals surface area (Å²) in [5.41, 5.74) is 3.08. The molecule has 92 valence electrons. The third-order valence-corrected chi connectivity index (χ3v) is 2.73. The van der Waals surface area contributed by atoms with Gasteiger partial charge in [-0.25, -0.2) is 4.85 Å². The molecule has 0 amide bonds. The van der Waals surface area contributed by atoms with Gasteiger partial charge in [-0.2, -0.15) is 0 Å². The van der Waals surface area contributed by atoms with Gasteiger partial charge in [0.1, 0.15) is 0 Å². The van der Waals surface area contributed by atoms with Gasteiger partial charge in [0.15, 0.2) is 5.69 Å². The van der Waals surface area contributed by atoms with Gasteiger partial charge in [-0.15, -0.1) is 0 Å². The Balaban J connectivity index is 2.11. The van der Waals surface area contributed by atoms with Gasteiger partial charge >= 0.3 is 7.12 Å². The molecule has 2 N–H and O–H groups in total. The fraction of sp³-hybridized carbons (Fsp3) is 0. The molecule has 0 unspecified atom stereocenters. The Labute approximate surface area is 112 Å². The summed E-state index contributed by atoms with van der Waals surface area (Å²) in [4.78, 5) is 3.33. The molecule has 19 heavy (non-hydrogen) atoms. The van der Waals surface area contributed by atoms with E-state index in [1.807, 2.05) is 36.4 Å². The predicted octanol–water partition coefficient (Wildman–Crippen LogP) is 2.09. The van der Waals surface area contributed by atoms with Crippen molar-refractivity contribution < 1.29 is 10.0 Å². The minimum atomic E-state index is -1.43. The molecule has 0 aliphatic carbocycles. The highest BCUT2D eigenvalue weighted by molar-refractivity contribution is 6.58. The van der Waals surface area contributed by atoms with E-state index in [0.717, 1.165) is 11.1 Å². The van der Waals surface area contributed by atoms with Crippen molar-refractivity contribution in [3.8, 4) is 0 Å². The summed E-state index contributed by atoms with van der Waals surface area (Å²) in [6.45, 7) is 6.87. The topological polar surface area (TPSA) is 44.8 Å². The summed E-state index contributed by atoms with van der Waals surface area (Å²) in [7, 11) is -1.43. The second kappa shape index (κ2) is 6.01. The number of hydrogen-bond donors (Lipinski definition) is 2. The van der Waals surface area contributed by atoms with E-state index < -0.39 is 7.12 Å². The highest BCUT2D eigenvalue weighted by Crippen LogP contribution is 2.14. The summed E-state index contributed by atoms with van der Waals surface area (Å²) in [5.74, 6) is 0. The van der Waals surface area contributed by atoms with Crippen molar-refractivity contribution in [2.45, 2.75) is 0 Å². The van der Waals surface area contributed by atoms with Crippen LogP contribution >= 0.6 is 0 Å². The Morgan fingerprint density at radius 1 is 0.842 bits per heavy atom. The maximum atomic E-state index is 8.99. The molecule has 0 radical (unpaired) electrons. The molecule has 0 heterocycles. The fourth-order valence-electron chi connectivity index (χ4n) is 1.63. The van der Waals surface area contributed by atoms with Gasteiger partial charge in [0.05, 0.1) is 6.57 Å². The number of hydrogen-bond acceptors (Lipinski definition) is 2. The van der Waals surface area contributed by atoms with E-state index in [2.05, 4.69) is 4.85 Å². The van der Waals surface area contributed by atoms with Crippen LogP contribution in [0.25, 0.3) is 17.0 Å². The molecule has 2 rings (SSSR count). The lowest BCUT2D eigenvalue weighted by Gasteiger charge is -1.99. The lowest BCUT2D eigenvalue weighted by Crippen LogP contribution is -2.29. The van der Waals surface area contributed by atoms with Crippen LogP contribution in [0.5, 0.6) is 0 Å². The van der Waals surface area contributed by atoms with Crippen LogP contribution < -0.4 is 5.46 Å². The van der Waals surface area contributed by atoms with Crippen LogP contribution in [0.2, 0.25) is 0 Å². The zero-order valence-corrected chi connectivity index (χ0v) is 10.2. The lowest BCUT2D eigenvalue weighted by molar-refractivity contribution is 0.426. The summed E-state index contributed by atoms with van der Waals surface area (Å²) >= 11 is 0. The standard InChI is InChI=1S/C15H12BNO2/c1-17-15-10-6-13(7-11-15)3-2-12-4-8-14(9-5-12)16(18)19/h2-11,18-19H/b3-2+. The van der Waals surface area contributed by atoms with Gasteiger partial charge in [-0.3, -0.25) is 0 Å². The van der Waals surface area contributed by atoms with E-state index in [1.165, 1.54) is 0 Å². The monoisotopic (exact) mass is 249 g/mol. The molecule has 4 heteroatoms. The van der Waals surface area contributed by atoms with Crippen molar-refractivity contribution in [1.82, 2.24) is 0 Å². The van der Waals surface area contributed by atoms with Gasteiger partial charge in [-0.05, 0) is 16.6 Å². The fourth-order valence-corrected chi connectivity index (χ4v) is 1.63. The zero-order chi connectivity index (χ0) is 13.7. The average molecular weight is 249 g/mol. The Hall–Kier alpha value is -2.35. The maximum absolute atomic E-state index is 8.99. The zero-order valence-electron chi connectivity index (χ0n) is 10.2. The van der Waals surface area contributed by atoms with Gasteiger partial charge in [0, 0.05) is 0 Å². The third-order valence-electron chi connectivity index (χ3n) is 2.73. The normalized spacial score (nSPS) is 10.4. The molecule has 0 aromatic heterocycles. The Kier molecular flexibility index (Phi) is 4.14. The van der Waals surface area contributed by atoms with E-state index in [1.54, 1.807) is 24.3 Å². The molecular weight excluding hydrogens is 237 g/mol. The second-order valence-corrected chi connectivity index (χ2v) is 4.08. The highest BCUT2D eigenvalue weighted by Gasteiger charge is 2.08. The first-order valence-electron chi connectivity index (χ1n) is 5.81. The molecule has 0 bridgehead atoms. The Morgan fingerprint density at radius 3 is 1.74 bits per heavy atom. The molecule has 3 nitrogen and oxygen atoms in total. The third kappa shape index (κ3) is 3.55. The van der Waals surface area contributed by atoms with Crippen LogP contribution in [0.4, 0.5) is 5.69 Å². The first-order valence-corrected chi connectivity index (χ1v) is 5.81. The average Bonchev–Trinajstić information content (AvgIpc) is 2.46. The van der Waals surface area contributed by atoms with Crippen LogP contribution in [0, 0.1) is 6.57 Å². The quantitative estimate of drug-likeness (QED) is 0.497. The van der Waals surface area contributed by atoms with Crippen LogP contribution in [-0.2, 0) is 0 Å². The molecular formula is C15H12BNO2. The van der Waals surface area contributed by atoms with Crippen molar-refractivity contribution >= 4 is 30.4 Å². The summed E-state index contributed by atoms with van der Waals surface area (Å²) in [6.07, 6.45) is 3.87. The molecule has 0 atom stereocenters. The van der Waals surface area contributed by atoms with E-state index >= 15 is 0 Å². The second-order valence-electron chi connectivity index (χ2n) is 4.08. The first-order chi connectivity index (χ1) is 9.19. The SMILES string of the molecule is [C-]#[N+]c1ccc(/C=C/c2ccc(B(O)O)cc2)cc1. The van der Waals surface area contributed by atoms with E-state index in [9.17, 15) is 0 Å². The molecule has 0 saturated heterocycles. The lowest BCUT2D eigenvalue weighted by atomic mass is 9.80. The molecule has 0 saturated carbocycles. The van der Waals surface area contributed by atoms with Crippen molar-refractivity contribution in [2.75, 3.05) is 0 Å². The summed E-state index contributed by atoms with van der Waals surface area (Å²) in [6, 6.07) is 14.3. The van der Waals surface area contributed by atoms with Crippen LogP contribution in [0.3, 0.4) is 0 Å². The summed E-state index contributed by atoms with van der Waals surface area (Å²) < 4.78 is 0. The predicted molar refractivity (Wildman–Crippen MR) is 77.9 cm³/mol. The van der Waals surface area contributed by atoms with Crippen molar-refractivity contribution in [1.29, 1.82) is 0 Å². The van der Waals surface area contributed by atoms with Crippen molar-refractivity contribution in [3.63, 3.8) is 0 Å². The van der Waals surface area contributed by atoms with Gasteiger partial charge in [-0.1, -0.05) is 60.7 Å². The molecule has 0 aliphatic rings. The van der Waals surface area contributed by atoms with Gasteiger partial charge < -0.3 is 10.0 Å². The van der Waals surface area contributed by atoms with Gasteiger partial charge in [0.25, 0.3) is 0 Å². The first kappa shape index (κ1) is 13.1. The van der Waals surface area contributed by atoms with E-state index in [0.29, 0.717) is 11.2 Å². The molecule has 0 fully saturated rings. The van der Waals surface area contributed by atoms with Gasteiger partial charge in [0.2, 0.25) is 0 Å². The van der Waals surface area contributed by atoms with Crippen LogP contribution in [0.1, 0.15) is 11.1 Å². The smallest absolute Gasteiger partial charge is 0.423 e. The minimum Gasteiger partial charge on any atom is -0.423 e. The number of benzene rings is 2. The van der Waals surface area contributed by atoms with Crippen LogP contribution in [-0.4, -0.2) is 17.2 Å². The van der Waals surface area contributed by atoms with Crippen LogP contribution in [0.15, 0.2) is 48.5 Å². The largest absolute Gasteiger partial charge is 0.488 e. The highest BCUT2D eigenvalue weighted by atomic mass is 16.4. The molecule has 2 aromatic rings. The Morgan fingerprint density at radius 2 is 1.32 bits per heavy atom. The number of rotatable bonds is 3. The molecule has 0 aliphatic heterocycles. The molecule has 2 aromatic carbocycles. The van der Waals surface area contributed by atoms with E-state index in [4.69, 9.17) is 16.6 Å². The summed E-state index contributed by atoms with van der Waals surface area (Å²) in [5, 5.41) is 18.0.